The maximum Gasteiger partial charge on any atom is 0.259 e. The fourth-order valence-electron chi connectivity index (χ4n) is 2.14. The number of carbonyl (C=O) groups excluding carboxylic acids is 1. The minimum absolute atomic E-state index is 0.167. The van der Waals surface area contributed by atoms with Crippen molar-refractivity contribution in [3.63, 3.8) is 0 Å². The Balaban J connectivity index is 2.32. The third-order valence-electron chi connectivity index (χ3n) is 3.33. The van der Waals surface area contributed by atoms with Crippen molar-refractivity contribution in [3.05, 3.63) is 63.9 Å². The van der Waals surface area contributed by atoms with E-state index in [4.69, 9.17) is 32.1 Å². The molecule has 2 N–H and O–H groups in total. The maximum atomic E-state index is 13.0. The number of hydrogen-bond donors (Lipinski definition) is 1. The highest BCUT2D eigenvalue weighted by molar-refractivity contribution is 6.32. The van der Waals surface area contributed by atoms with Crippen LogP contribution in [0, 0.1) is 17.1 Å². The fourth-order valence-corrected chi connectivity index (χ4v) is 2.41. The van der Waals surface area contributed by atoms with Crippen LogP contribution in [-0.4, -0.2) is 12.5 Å². The number of rotatable bonds is 7. The molecule has 1 amide bonds. The van der Waals surface area contributed by atoms with E-state index in [0.29, 0.717) is 23.7 Å². The van der Waals surface area contributed by atoms with Crippen LogP contribution in [0.25, 0.3) is 6.08 Å². The van der Waals surface area contributed by atoms with Gasteiger partial charge in [-0.05, 0) is 48.4 Å². The van der Waals surface area contributed by atoms with Crippen molar-refractivity contribution in [2.24, 2.45) is 5.73 Å². The summed E-state index contributed by atoms with van der Waals surface area (Å²) < 4.78 is 24.2. The highest BCUT2D eigenvalue weighted by atomic mass is 35.5. The Labute approximate surface area is 155 Å². The number of nitrogens with zero attached hydrogens (tertiary/aromatic N) is 1. The number of amides is 1. The Kier molecular flexibility index (Phi) is 6.59. The molecule has 0 radical (unpaired) electrons. The quantitative estimate of drug-likeness (QED) is 0.589. The van der Waals surface area contributed by atoms with Gasteiger partial charge in [-0.15, -0.1) is 0 Å². The summed E-state index contributed by atoms with van der Waals surface area (Å²) in [6.07, 6.45) is 1.32. The lowest BCUT2D eigenvalue weighted by molar-refractivity contribution is -0.114. The van der Waals surface area contributed by atoms with E-state index in [1.807, 2.05) is 0 Å². The minimum atomic E-state index is -0.835. The summed E-state index contributed by atoms with van der Waals surface area (Å²) in [5.41, 5.74) is 6.17. The van der Waals surface area contributed by atoms with Crippen LogP contribution >= 0.6 is 11.6 Å². The van der Waals surface area contributed by atoms with E-state index in [0.717, 1.165) is 5.56 Å². The lowest BCUT2D eigenvalue weighted by Gasteiger charge is -2.14. The van der Waals surface area contributed by atoms with Gasteiger partial charge >= 0.3 is 0 Å². The molecule has 0 aliphatic carbocycles. The van der Waals surface area contributed by atoms with E-state index in [9.17, 15) is 9.18 Å². The average Bonchev–Trinajstić information content (AvgIpc) is 2.60. The summed E-state index contributed by atoms with van der Waals surface area (Å²) in [6.45, 7) is 2.32. The number of nitriles is 1. The monoisotopic (exact) mass is 374 g/mol. The molecule has 7 heteroatoms. The molecule has 0 atom stereocenters. The second kappa shape index (κ2) is 8.88. The van der Waals surface area contributed by atoms with Gasteiger partial charge in [0.05, 0.1) is 11.6 Å². The second-order valence-corrected chi connectivity index (χ2v) is 5.62. The van der Waals surface area contributed by atoms with E-state index in [-0.39, 0.29) is 23.0 Å². The van der Waals surface area contributed by atoms with Crippen molar-refractivity contribution in [2.75, 3.05) is 6.61 Å². The number of hydrogen-bond acceptors (Lipinski definition) is 4. The number of benzene rings is 2. The first-order valence-electron chi connectivity index (χ1n) is 7.69. The van der Waals surface area contributed by atoms with Gasteiger partial charge in [0, 0.05) is 0 Å². The molecular weight excluding hydrogens is 359 g/mol. The molecule has 26 heavy (non-hydrogen) atoms. The Morgan fingerprint density at radius 1 is 1.31 bits per heavy atom. The Hall–Kier alpha value is -3.04. The molecular formula is C19H16ClFN2O3. The predicted octanol–water partition coefficient (Wildman–Crippen LogP) is 3.85. The lowest BCUT2D eigenvalue weighted by atomic mass is 10.1. The van der Waals surface area contributed by atoms with Gasteiger partial charge in [0.2, 0.25) is 0 Å². The van der Waals surface area contributed by atoms with Gasteiger partial charge in [-0.1, -0.05) is 23.7 Å². The third kappa shape index (κ3) is 4.98. The van der Waals surface area contributed by atoms with E-state index in [2.05, 4.69) is 0 Å². The van der Waals surface area contributed by atoms with Crippen LogP contribution in [-0.2, 0) is 11.4 Å². The summed E-state index contributed by atoms with van der Waals surface area (Å²) in [4.78, 5) is 11.2. The van der Waals surface area contributed by atoms with Crippen molar-refractivity contribution < 1.29 is 18.7 Å². The topological polar surface area (TPSA) is 85.3 Å². The molecule has 0 aliphatic heterocycles. The number of primary amides is 1. The van der Waals surface area contributed by atoms with Crippen LogP contribution < -0.4 is 15.2 Å². The molecule has 134 valence electrons. The van der Waals surface area contributed by atoms with Gasteiger partial charge in [-0.3, -0.25) is 4.79 Å². The molecule has 0 aliphatic rings. The van der Waals surface area contributed by atoms with Crippen molar-refractivity contribution in [3.8, 4) is 17.6 Å². The summed E-state index contributed by atoms with van der Waals surface area (Å²) in [7, 11) is 0. The Bertz CT molecular complexity index is 874. The van der Waals surface area contributed by atoms with Crippen molar-refractivity contribution >= 4 is 23.6 Å². The Morgan fingerprint density at radius 3 is 2.58 bits per heavy atom. The maximum absolute atomic E-state index is 13.0. The summed E-state index contributed by atoms with van der Waals surface area (Å²) in [5, 5.41) is 9.19. The van der Waals surface area contributed by atoms with E-state index in [1.54, 1.807) is 31.2 Å². The third-order valence-corrected chi connectivity index (χ3v) is 3.61. The van der Waals surface area contributed by atoms with Crippen molar-refractivity contribution in [1.82, 2.24) is 0 Å². The van der Waals surface area contributed by atoms with Crippen molar-refractivity contribution in [2.45, 2.75) is 13.5 Å². The minimum Gasteiger partial charge on any atom is -0.490 e. The molecule has 5 nitrogen and oxygen atoms in total. The van der Waals surface area contributed by atoms with Crippen LogP contribution in [0.15, 0.2) is 42.0 Å². The highest BCUT2D eigenvalue weighted by Crippen LogP contribution is 2.37. The summed E-state index contributed by atoms with van der Waals surface area (Å²) in [6, 6.07) is 10.7. The SMILES string of the molecule is CCOc1cc(/C=C(\C#N)C(N)=O)cc(Cl)c1OCc1ccc(F)cc1. The van der Waals surface area contributed by atoms with Crippen LogP contribution in [0.2, 0.25) is 5.02 Å². The molecule has 0 unspecified atom stereocenters. The van der Waals surface area contributed by atoms with Gasteiger partial charge in [0.1, 0.15) is 24.1 Å². The van der Waals surface area contributed by atoms with Gasteiger partial charge in [0.25, 0.3) is 5.91 Å². The van der Waals surface area contributed by atoms with Crippen molar-refractivity contribution in [1.29, 1.82) is 5.26 Å². The standard InChI is InChI=1S/C19H16ClFN2O3/c1-2-25-17-9-13(7-14(10-22)19(23)24)8-16(20)18(17)26-11-12-3-5-15(21)6-4-12/h3-9H,2,11H2,1H3,(H2,23,24)/b14-7+. The van der Waals surface area contributed by atoms with Crippen LogP contribution in [0.4, 0.5) is 4.39 Å². The van der Waals surface area contributed by atoms with Crippen LogP contribution in [0.1, 0.15) is 18.1 Å². The molecule has 2 aromatic carbocycles. The predicted molar refractivity (Wildman–Crippen MR) is 96.1 cm³/mol. The second-order valence-electron chi connectivity index (χ2n) is 5.21. The first-order chi connectivity index (χ1) is 12.4. The lowest BCUT2D eigenvalue weighted by Crippen LogP contribution is -2.12. The van der Waals surface area contributed by atoms with Crippen LogP contribution in [0.3, 0.4) is 0 Å². The normalized spacial score (nSPS) is 10.9. The zero-order valence-electron chi connectivity index (χ0n) is 14.0. The van der Waals surface area contributed by atoms with Gasteiger partial charge in [-0.25, -0.2) is 4.39 Å². The first kappa shape index (κ1) is 19.3. The smallest absolute Gasteiger partial charge is 0.259 e. The molecule has 0 heterocycles. The summed E-state index contributed by atoms with van der Waals surface area (Å²) in [5.74, 6) is -0.499. The van der Waals surface area contributed by atoms with Crippen LogP contribution in [0.5, 0.6) is 11.5 Å². The highest BCUT2D eigenvalue weighted by Gasteiger charge is 2.14. The largest absolute Gasteiger partial charge is 0.490 e. The molecule has 0 fully saturated rings. The number of nitrogens with two attached hydrogens (primary N) is 1. The molecule has 0 spiro atoms. The van der Waals surface area contributed by atoms with E-state index in [1.165, 1.54) is 24.3 Å². The van der Waals surface area contributed by atoms with Gasteiger partial charge in [-0.2, -0.15) is 5.26 Å². The van der Waals surface area contributed by atoms with Gasteiger partial charge in [0.15, 0.2) is 11.5 Å². The average molecular weight is 375 g/mol. The fraction of sp³-hybridized carbons (Fsp3) is 0.158. The van der Waals surface area contributed by atoms with Gasteiger partial charge < -0.3 is 15.2 Å². The molecule has 0 saturated heterocycles. The molecule has 2 aromatic rings. The number of carbonyl (C=O) groups is 1. The van der Waals surface area contributed by atoms with E-state index < -0.39 is 5.91 Å². The molecule has 0 bridgehead atoms. The zero-order chi connectivity index (χ0) is 19.1. The molecule has 0 saturated carbocycles. The Morgan fingerprint density at radius 2 is 2.00 bits per heavy atom. The molecule has 2 rings (SSSR count). The first-order valence-corrected chi connectivity index (χ1v) is 8.07. The molecule has 0 aromatic heterocycles. The van der Waals surface area contributed by atoms with E-state index >= 15 is 0 Å². The number of halogens is 2. The number of ether oxygens (including phenoxy) is 2. The zero-order valence-corrected chi connectivity index (χ0v) is 14.7. The summed E-state index contributed by atoms with van der Waals surface area (Å²) >= 11 is 6.27.